The first-order valence-electron chi connectivity index (χ1n) is 7.31. The molecule has 0 bridgehead atoms. The molecule has 1 aromatic rings. The molecule has 6 heteroatoms. The van der Waals surface area contributed by atoms with E-state index in [4.69, 9.17) is 9.47 Å². The summed E-state index contributed by atoms with van der Waals surface area (Å²) in [5, 5.41) is 2.86. The summed E-state index contributed by atoms with van der Waals surface area (Å²) in [6.45, 7) is 11.0. The molecule has 1 aliphatic rings. The van der Waals surface area contributed by atoms with Crippen LogP contribution in [0.3, 0.4) is 0 Å². The van der Waals surface area contributed by atoms with E-state index < -0.39 is 11.7 Å². The van der Waals surface area contributed by atoms with E-state index in [2.05, 4.69) is 21.8 Å². The van der Waals surface area contributed by atoms with E-state index in [0.717, 1.165) is 18.7 Å². The number of amides is 1. The molecule has 1 N–H and O–H groups in total. The van der Waals surface area contributed by atoms with Gasteiger partial charge in [0.15, 0.2) is 0 Å². The van der Waals surface area contributed by atoms with E-state index in [-0.39, 0.29) is 11.6 Å². The normalized spacial score (nSPS) is 23.9. The lowest BCUT2D eigenvalue weighted by Crippen LogP contribution is -2.37. The molecule has 1 amide bonds. The van der Waals surface area contributed by atoms with Crippen molar-refractivity contribution in [2.75, 3.05) is 13.2 Å². The lowest BCUT2D eigenvalue weighted by molar-refractivity contribution is 0.0504. The number of nitrogens with one attached hydrogen (secondary N) is 1. The van der Waals surface area contributed by atoms with Gasteiger partial charge >= 0.3 is 6.09 Å². The highest BCUT2D eigenvalue weighted by Crippen LogP contribution is 2.30. The Kier molecular flexibility index (Phi) is 4.27. The van der Waals surface area contributed by atoms with Crippen molar-refractivity contribution < 1.29 is 14.3 Å². The molecular weight excluding hydrogens is 270 g/mol. The van der Waals surface area contributed by atoms with Crippen molar-refractivity contribution in [1.29, 1.82) is 0 Å². The van der Waals surface area contributed by atoms with Crippen LogP contribution in [0.25, 0.3) is 0 Å². The monoisotopic (exact) mass is 295 g/mol. The Bertz CT molecular complexity index is 499. The Morgan fingerprint density at radius 1 is 1.57 bits per heavy atom. The minimum absolute atomic E-state index is 0.101. The van der Waals surface area contributed by atoms with E-state index in [1.165, 1.54) is 0 Å². The second-order valence-corrected chi connectivity index (χ2v) is 6.86. The zero-order valence-corrected chi connectivity index (χ0v) is 13.5. The maximum Gasteiger partial charge on any atom is 0.408 e. The van der Waals surface area contributed by atoms with Crippen molar-refractivity contribution in [3.63, 3.8) is 0 Å². The van der Waals surface area contributed by atoms with Gasteiger partial charge in [0.1, 0.15) is 5.60 Å². The molecule has 0 aromatic carbocycles. The van der Waals surface area contributed by atoms with E-state index in [9.17, 15) is 4.79 Å². The van der Waals surface area contributed by atoms with Crippen LogP contribution in [-0.4, -0.2) is 34.5 Å². The minimum Gasteiger partial charge on any atom is -0.444 e. The zero-order chi connectivity index (χ0) is 15.7. The highest BCUT2D eigenvalue weighted by molar-refractivity contribution is 5.68. The van der Waals surface area contributed by atoms with E-state index in [1.807, 2.05) is 27.7 Å². The third kappa shape index (κ3) is 3.75. The van der Waals surface area contributed by atoms with Crippen molar-refractivity contribution >= 4 is 6.09 Å². The Labute approximate surface area is 125 Å². The van der Waals surface area contributed by atoms with Crippen LogP contribution >= 0.6 is 0 Å². The van der Waals surface area contributed by atoms with Gasteiger partial charge in [-0.2, -0.15) is 0 Å². The predicted molar refractivity (Wildman–Crippen MR) is 79.1 cm³/mol. The lowest BCUT2D eigenvalue weighted by atomic mass is 10.0. The molecular formula is C15H25N3O3. The Morgan fingerprint density at radius 2 is 2.29 bits per heavy atom. The summed E-state index contributed by atoms with van der Waals surface area (Å²) in [5.74, 6) is 0. The fraction of sp³-hybridized carbons (Fsp3) is 0.733. The second kappa shape index (κ2) is 5.67. The van der Waals surface area contributed by atoms with Crippen molar-refractivity contribution in [1.82, 2.24) is 14.9 Å². The fourth-order valence-electron chi connectivity index (χ4n) is 2.48. The highest BCUT2D eigenvalue weighted by atomic mass is 16.6. The van der Waals surface area contributed by atoms with Gasteiger partial charge in [-0.05, 0) is 41.0 Å². The van der Waals surface area contributed by atoms with Crippen LogP contribution in [0.4, 0.5) is 4.79 Å². The van der Waals surface area contributed by atoms with Crippen LogP contribution in [0.15, 0.2) is 12.5 Å². The Hall–Kier alpha value is -1.56. The zero-order valence-electron chi connectivity index (χ0n) is 13.5. The topological polar surface area (TPSA) is 65.4 Å². The highest BCUT2D eigenvalue weighted by Gasteiger charge is 2.34. The van der Waals surface area contributed by atoms with Crippen LogP contribution in [0.1, 0.15) is 52.8 Å². The maximum atomic E-state index is 11.9. The summed E-state index contributed by atoms with van der Waals surface area (Å²) < 4.78 is 12.9. The maximum absolute atomic E-state index is 11.9. The molecule has 21 heavy (non-hydrogen) atoms. The van der Waals surface area contributed by atoms with Gasteiger partial charge < -0.3 is 19.4 Å². The Morgan fingerprint density at radius 3 is 2.86 bits per heavy atom. The quantitative estimate of drug-likeness (QED) is 0.931. The number of hydrogen-bond donors (Lipinski definition) is 1. The average molecular weight is 295 g/mol. The standard InChI is InChI=1S/C15H25N3O3/c1-11(17-13(19)21-14(2,3)4)12-8-16-10-18(12)15(5)6-7-20-9-15/h8,10-11H,6-7,9H2,1-5H3,(H,17,19)/t11-,15?/m1/s1. The third-order valence-electron chi connectivity index (χ3n) is 3.62. The van der Waals surface area contributed by atoms with Gasteiger partial charge in [-0.1, -0.05) is 0 Å². The molecule has 0 aliphatic carbocycles. The van der Waals surface area contributed by atoms with E-state index >= 15 is 0 Å². The number of aromatic nitrogens is 2. The van der Waals surface area contributed by atoms with Crippen LogP contribution in [0, 0.1) is 0 Å². The van der Waals surface area contributed by atoms with Gasteiger partial charge in [-0.15, -0.1) is 0 Å². The number of imidazole rings is 1. The lowest BCUT2D eigenvalue weighted by Gasteiger charge is -2.29. The van der Waals surface area contributed by atoms with Gasteiger partial charge in [0.2, 0.25) is 0 Å². The van der Waals surface area contributed by atoms with Crippen LogP contribution in [-0.2, 0) is 15.0 Å². The summed E-state index contributed by atoms with van der Waals surface area (Å²) in [6.07, 6.45) is 4.11. The number of carbonyl (C=O) groups is 1. The fourth-order valence-corrected chi connectivity index (χ4v) is 2.48. The van der Waals surface area contributed by atoms with E-state index in [0.29, 0.717) is 6.61 Å². The summed E-state index contributed by atoms with van der Waals surface area (Å²) >= 11 is 0. The van der Waals surface area contributed by atoms with Gasteiger partial charge in [0.05, 0.1) is 36.4 Å². The number of hydrogen-bond acceptors (Lipinski definition) is 4. The molecule has 0 spiro atoms. The van der Waals surface area contributed by atoms with Crippen LogP contribution in [0.2, 0.25) is 0 Å². The molecule has 2 atom stereocenters. The third-order valence-corrected chi connectivity index (χ3v) is 3.62. The number of nitrogens with zero attached hydrogens (tertiary/aromatic N) is 2. The largest absolute Gasteiger partial charge is 0.444 e. The first-order valence-corrected chi connectivity index (χ1v) is 7.31. The molecule has 2 rings (SSSR count). The number of rotatable bonds is 3. The summed E-state index contributed by atoms with van der Waals surface area (Å²) in [6, 6.07) is -0.181. The van der Waals surface area contributed by atoms with Crippen LogP contribution < -0.4 is 5.32 Å². The first-order chi connectivity index (χ1) is 9.71. The Balaban J connectivity index is 2.09. The van der Waals surface area contributed by atoms with Crippen LogP contribution in [0.5, 0.6) is 0 Å². The molecule has 1 aliphatic heterocycles. The SMILES string of the molecule is C[C@@H](NC(=O)OC(C)(C)C)c1cncn1C1(C)CCOC1. The molecule has 1 unspecified atom stereocenters. The molecule has 0 radical (unpaired) electrons. The molecule has 1 aromatic heterocycles. The average Bonchev–Trinajstić information content (AvgIpc) is 2.94. The minimum atomic E-state index is -0.505. The van der Waals surface area contributed by atoms with E-state index in [1.54, 1.807) is 12.5 Å². The van der Waals surface area contributed by atoms with Gasteiger partial charge in [0.25, 0.3) is 0 Å². The molecule has 118 valence electrons. The molecule has 2 heterocycles. The summed E-state index contributed by atoms with van der Waals surface area (Å²) in [7, 11) is 0. The van der Waals surface area contributed by atoms with Crippen molar-refractivity contribution in [3.8, 4) is 0 Å². The predicted octanol–water partition coefficient (Wildman–Crippen LogP) is 2.60. The van der Waals surface area contributed by atoms with Gasteiger partial charge in [-0.3, -0.25) is 0 Å². The van der Waals surface area contributed by atoms with Crippen molar-refractivity contribution in [3.05, 3.63) is 18.2 Å². The van der Waals surface area contributed by atoms with Gasteiger partial charge in [-0.25, -0.2) is 9.78 Å². The number of ether oxygens (including phenoxy) is 2. The second-order valence-electron chi connectivity index (χ2n) is 6.86. The summed E-state index contributed by atoms with van der Waals surface area (Å²) in [4.78, 5) is 16.1. The molecule has 0 saturated carbocycles. The van der Waals surface area contributed by atoms with Gasteiger partial charge in [0, 0.05) is 6.61 Å². The summed E-state index contributed by atoms with van der Waals surface area (Å²) in [5.41, 5.74) is 0.347. The molecule has 1 saturated heterocycles. The van der Waals surface area contributed by atoms with Crippen molar-refractivity contribution in [2.45, 2.75) is 58.2 Å². The first kappa shape index (κ1) is 15.8. The smallest absolute Gasteiger partial charge is 0.408 e. The molecule has 6 nitrogen and oxygen atoms in total. The van der Waals surface area contributed by atoms with Crippen molar-refractivity contribution in [2.24, 2.45) is 0 Å². The number of alkyl carbamates (subject to hydrolysis) is 1. The number of carbonyl (C=O) groups excluding carboxylic acids is 1. The molecule has 1 fully saturated rings.